The molecule has 0 fully saturated rings. The van der Waals surface area contributed by atoms with Crippen molar-refractivity contribution in [1.29, 1.82) is 0 Å². The van der Waals surface area contributed by atoms with Crippen molar-refractivity contribution in [2.75, 3.05) is 18.9 Å². The van der Waals surface area contributed by atoms with E-state index < -0.39 is 5.41 Å². The van der Waals surface area contributed by atoms with Crippen LogP contribution in [0.5, 0.6) is 0 Å². The molecule has 116 valence electrons. The molecule has 0 saturated heterocycles. The Labute approximate surface area is 126 Å². The molecule has 0 aliphatic carbocycles. The molecule has 3 N–H and O–H groups in total. The minimum atomic E-state index is -0.562. The number of amides is 2. The number of hydrogen-bond acceptors (Lipinski definition) is 3. The van der Waals surface area contributed by atoms with E-state index in [0.29, 0.717) is 6.54 Å². The minimum Gasteiger partial charge on any atom is -0.359 e. The summed E-state index contributed by atoms with van der Waals surface area (Å²) in [5.41, 5.74) is 1.35. The van der Waals surface area contributed by atoms with Crippen molar-refractivity contribution in [1.82, 2.24) is 10.6 Å². The second-order valence-corrected chi connectivity index (χ2v) is 5.92. The molecule has 0 aromatic heterocycles. The van der Waals surface area contributed by atoms with E-state index in [4.69, 9.17) is 0 Å². The van der Waals surface area contributed by atoms with Gasteiger partial charge in [0.25, 0.3) is 0 Å². The maximum Gasteiger partial charge on any atom is 0.241 e. The highest BCUT2D eigenvalue weighted by Gasteiger charge is 2.27. The summed E-state index contributed by atoms with van der Waals surface area (Å²) in [5.74, 6) is -0.173. The molecular formula is C16H25N3O2. The predicted octanol–water partition coefficient (Wildman–Crippen LogP) is 1.68. The van der Waals surface area contributed by atoms with Crippen molar-refractivity contribution in [3.8, 4) is 0 Å². The second-order valence-electron chi connectivity index (χ2n) is 5.92. The van der Waals surface area contributed by atoms with E-state index in [1.54, 1.807) is 14.0 Å². The molecule has 2 amide bonds. The van der Waals surface area contributed by atoms with E-state index >= 15 is 0 Å². The van der Waals surface area contributed by atoms with Crippen LogP contribution in [0.2, 0.25) is 0 Å². The number of anilines is 1. The Bertz CT molecular complexity index is 495. The normalized spacial score (nSPS) is 12.6. The second kappa shape index (κ2) is 7.22. The maximum absolute atomic E-state index is 12.1. The summed E-state index contributed by atoms with van der Waals surface area (Å²) < 4.78 is 0. The number of aryl methyl sites for hydroxylation is 1. The van der Waals surface area contributed by atoms with Gasteiger partial charge in [-0.05, 0) is 39.8 Å². The topological polar surface area (TPSA) is 70.2 Å². The number of hydrogen-bond donors (Lipinski definition) is 3. The summed E-state index contributed by atoms with van der Waals surface area (Å²) in [5, 5.41) is 8.57. The Morgan fingerprint density at radius 2 is 1.76 bits per heavy atom. The van der Waals surface area contributed by atoms with Crippen molar-refractivity contribution < 1.29 is 9.59 Å². The predicted molar refractivity (Wildman–Crippen MR) is 85.1 cm³/mol. The van der Waals surface area contributed by atoms with Gasteiger partial charge >= 0.3 is 0 Å². The highest BCUT2D eigenvalue weighted by atomic mass is 16.2. The Morgan fingerprint density at radius 3 is 2.29 bits per heavy atom. The Balaban J connectivity index is 2.51. The molecule has 1 aromatic carbocycles. The molecule has 21 heavy (non-hydrogen) atoms. The van der Waals surface area contributed by atoms with Crippen LogP contribution in [0.1, 0.15) is 26.3 Å². The van der Waals surface area contributed by atoms with Gasteiger partial charge in [-0.1, -0.05) is 17.7 Å². The summed E-state index contributed by atoms with van der Waals surface area (Å²) >= 11 is 0. The van der Waals surface area contributed by atoms with Crippen molar-refractivity contribution >= 4 is 17.5 Å². The molecule has 5 nitrogen and oxygen atoms in total. The van der Waals surface area contributed by atoms with Crippen molar-refractivity contribution in [2.45, 2.75) is 33.7 Å². The first-order valence-corrected chi connectivity index (χ1v) is 7.09. The molecule has 0 heterocycles. The molecule has 0 radical (unpaired) electrons. The Morgan fingerprint density at radius 1 is 1.19 bits per heavy atom. The third kappa shape index (κ3) is 5.19. The standard InChI is InChI=1S/C16H25N3O2/c1-11-6-8-13(9-7-11)19-14(20)12(2)18-10-16(3,4)15(21)17-5/h6-9,12,18H,10H2,1-5H3,(H,17,21)(H,19,20). The van der Waals surface area contributed by atoms with Gasteiger partial charge in [-0.2, -0.15) is 0 Å². The Kier molecular flexibility index (Phi) is 5.90. The highest BCUT2D eigenvalue weighted by molar-refractivity contribution is 5.94. The fourth-order valence-electron chi connectivity index (χ4n) is 1.81. The van der Waals surface area contributed by atoms with Gasteiger partial charge in [0.15, 0.2) is 0 Å². The molecule has 0 bridgehead atoms. The van der Waals surface area contributed by atoms with Crippen molar-refractivity contribution in [2.24, 2.45) is 5.41 Å². The zero-order chi connectivity index (χ0) is 16.0. The van der Waals surface area contributed by atoms with E-state index in [1.807, 2.05) is 45.0 Å². The maximum atomic E-state index is 12.1. The van der Waals surface area contributed by atoms with E-state index in [0.717, 1.165) is 11.3 Å². The lowest BCUT2D eigenvalue weighted by Crippen LogP contribution is -2.47. The molecule has 5 heteroatoms. The molecule has 0 spiro atoms. The number of nitrogens with one attached hydrogen (secondary N) is 3. The largest absolute Gasteiger partial charge is 0.359 e. The van der Waals surface area contributed by atoms with Gasteiger partial charge in [0.05, 0.1) is 11.5 Å². The quantitative estimate of drug-likeness (QED) is 0.747. The lowest BCUT2D eigenvalue weighted by Gasteiger charge is -2.25. The molecule has 0 saturated carbocycles. The molecule has 1 rings (SSSR count). The molecule has 0 aliphatic heterocycles. The van der Waals surface area contributed by atoms with E-state index in [-0.39, 0.29) is 17.9 Å². The summed E-state index contributed by atoms with van der Waals surface area (Å²) in [6.45, 7) is 7.88. The van der Waals surface area contributed by atoms with Gasteiger partial charge in [-0.15, -0.1) is 0 Å². The third-order valence-electron chi connectivity index (χ3n) is 3.40. The van der Waals surface area contributed by atoms with Gasteiger partial charge in [-0.3, -0.25) is 9.59 Å². The average Bonchev–Trinajstić information content (AvgIpc) is 2.46. The average molecular weight is 291 g/mol. The minimum absolute atomic E-state index is 0.0545. The van der Waals surface area contributed by atoms with Crippen LogP contribution in [0, 0.1) is 12.3 Å². The fourth-order valence-corrected chi connectivity index (χ4v) is 1.81. The van der Waals surface area contributed by atoms with Gasteiger partial charge in [0.2, 0.25) is 11.8 Å². The van der Waals surface area contributed by atoms with Gasteiger partial charge in [-0.25, -0.2) is 0 Å². The number of rotatable bonds is 6. The van der Waals surface area contributed by atoms with Gasteiger partial charge < -0.3 is 16.0 Å². The zero-order valence-electron chi connectivity index (χ0n) is 13.4. The summed E-state index contributed by atoms with van der Waals surface area (Å²) in [4.78, 5) is 23.8. The van der Waals surface area contributed by atoms with Crippen molar-refractivity contribution in [3.63, 3.8) is 0 Å². The zero-order valence-corrected chi connectivity index (χ0v) is 13.4. The first kappa shape index (κ1) is 17.2. The van der Waals surface area contributed by atoms with Crippen LogP contribution in [0.25, 0.3) is 0 Å². The molecule has 0 aliphatic rings. The van der Waals surface area contributed by atoms with Crippen molar-refractivity contribution in [3.05, 3.63) is 29.8 Å². The van der Waals surface area contributed by atoms with E-state index in [9.17, 15) is 9.59 Å². The summed E-state index contributed by atoms with van der Waals surface area (Å²) in [7, 11) is 1.61. The van der Waals surface area contributed by atoms with Crippen LogP contribution < -0.4 is 16.0 Å². The molecule has 1 aromatic rings. The summed E-state index contributed by atoms with van der Waals surface area (Å²) in [6.07, 6.45) is 0. The summed E-state index contributed by atoms with van der Waals surface area (Å²) in [6, 6.07) is 7.25. The first-order valence-electron chi connectivity index (χ1n) is 7.09. The van der Waals surface area contributed by atoms with E-state index in [1.165, 1.54) is 0 Å². The lowest BCUT2D eigenvalue weighted by atomic mass is 9.92. The van der Waals surface area contributed by atoms with Crippen LogP contribution >= 0.6 is 0 Å². The monoisotopic (exact) mass is 291 g/mol. The SMILES string of the molecule is CNC(=O)C(C)(C)CNC(C)C(=O)Nc1ccc(C)cc1. The number of carbonyl (C=O) groups is 2. The number of benzene rings is 1. The Hall–Kier alpha value is -1.88. The van der Waals surface area contributed by atoms with Crippen LogP contribution in [-0.4, -0.2) is 31.4 Å². The molecule has 1 atom stereocenters. The van der Waals surface area contributed by atoms with Crippen LogP contribution in [-0.2, 0) is 9.59 Å². The van der Waals surface area contributed by atoms with Crippen LogP contribution in [0.15, 0.2) is 24.3 Å². The molecule has 1 unspecified atom stereocenters. The fraction of sp³-hybridized carbons (Fsp3) is 0.500. The number of carbonyl (C=O) groups excluding carboxylic acids is 2. The third-order valence-corrected chi connectivity index (χ3v) is 3.40. The van der Waals surface area contributed by atoms with Crippen LogP contribution in [0.3, 0.4) is 0 Å². The lowest BCUT2D eigenvalue weighted by molar-refractivity contribution is -0.129. The first-order chi connectivity index (χ1) is 9.76. The molecular weight excluding hydrogens is 266 g/mol. The van der Waals surface area contributed by atoms with Crippen LogP contribution in [0.4, 0.5) is 5.69 Å². The highest BCUT2D eigenvalue weighted by Crippen LogP contribution is 2.14. The van der Waals surface area contributed by atoms with E-state index in [2.05, 4.69) is 16.0 Å². The van der Waals surface area contributed by atoms with Gasteiger partial charge in [0, 0.05) is 19.3 Å². The smallest absolute Gasteiger partial charge is 0.241 e. The van der Waals surface area contributed by atoms with Gasteiger partial charge in [0.1, 0.15) is 0 Å².